The summed E-state index contributed by atoms with van der Waals surface area (Å²) in [5.41, 5.74) is -0.0269. The van der Waals surface area contributed by atoms with E-state index in [1.165, 1.54) is 12.1 Å². The van der Waals surface area contributed by atoms with Crippen LogP contribution < -0.4 is 5.32 Å². The monoisotopic (exact) mass is 299 g/mol. The van der Waals surface area contributed by atoms with Crippen LogP contribution in [0.2, 0.25) is 0 Å². The molecule has 1 atom stereocenters. The minimum Gasteiger partial charge on any atom is -0.508 e. The number of rotatable bonds is 5. The molecule has 118 valence electrons. The highest BCUT2D eigenvalue weighted by molar-refractivity contribution is 5.68. The summed E-state index contributed by atoms with van der Waals surface area (Å²) in [7, 11) is 0. The van der Waals surface area contributed by atoms with Crippen LogP contribution in [0.5, 0.6) is 5.75 Å². The molecule has 1 amide bonds. The molecule has 21 heavy (non-hydrogen) atoms. The largest absolute Gasteiger partial charge is 0.508 e. The van der Waals surface area contributed by atoms with Crippen LogP contribution in [0.15, 0.2) is 18.2 Å². The fourth-order valence-electron chi connectivity index (χ4n) is 1.62. The van der Waals surface area contributed by atoms with Gasteiger partial charge in [-0.05, 0) is 45.4 Å². The second-order valence-corrected chi connectivity index (χ2v) is 5.88. The first-order valence-electron chi connectivity index (χ1n) is 6.71. The molecule has 2 N–H and O–H groups in total. The van der Waals surface area contributed by atoms with Crippen LogP contribution in [0.4, 0.5) is 9.18 Å². The van der Waals surface area contributed by atoms with Crippen molar-refractivity contribution in [3.8, 4) is 5.75 Å². The number of alkyl carbamates (subject to hydrolysis) is 1. The quantitative estimate of drug-likeness (QED) is 0.877. The molecule has 0 aliphatic rings. The molecule has 0 bridgehead atoms. The molecule has 1 aromatic rings. The van der Waals surface area contributed by atoms with Gasteiger partial charge in [0.15, 0.2) is 0 Å². The van der Waals surface area contributed by atoms with Crippen molar-refractivity contribution in [2.45, 2.75) is 45.9 Å². The van der Waals surface area contributed by atoms with Crippen molar-refractivity contribution >= 4 is 6.09 Å². The Morgan fingerprint density at radius 1 is 1.38 bits per heavy atom. The van der Waals surface area contributed by atoms with Crippen molar-refractivity contribution in [2.24, 2.45) is 0 Å². The lowest BCUT2D eigenvalue weighted by atomic mass is 10.2. The number of benzene rings is 1. The van der Waals surface area contributed by atoms with E-state index in [0.717, 1.165) is 6.07 Å². The molecule has 5 nitrogen and oxygen atoms in total. The van der Waals surface area contributed by atoms with Crippen LogP contribution in [-0.2, 0) is 16.1 Å². The standard InChI is InChI=1S/C15H22FNO4/c1-10(17-14(19)21-15(2,3)4)8-20-9-11-5-12(16)7-13(18)6-11/h5-7,10,18H,8-9H2,1-4H3,(H,17,19)/t10-/m1/s1. The number of carbonyl (C=O) groups excluding carboxylic acids is 1. The van der Waals surface area contributed by atoms with Gasteiger partial charge < -0.3 is 19.9 Å². The van der Waals surface area contributed by atoms with Gasteiger partial charge in [0.2, 0.25) is 0 Å². The Morgan fingerprint density at radius 2 is 2.05 bits per heavy atom. The van der Waals surface area contributed by atoms with Gasteiger partial charge in [-0.25, -0.2) is 9.18 Å². The maximum absolute atomic E-state index is 13.1. The van der Waals surface area contributed by atoms with E-state index in [9.17, 15) is 14.3 Å². The number of phenols is 1. The fourth-order valence-corrected chi connectivity index (χ4v) is 1.62. The molecule has 0 saturated heterocycles. The SMILES string of the molecule is C[C@H](COCc1cc(O)cc(F)c1)NC(=O)OC(C)(C)C. The minimum absolute atomic E-state index is 0.145. The predicted molar refractivity (Wildman–Crippen MR) is 76.6 cm³/mol. The summed E-state index contributed by atoms with van der Waals surface area (Å²) in [4.78, 5) is 11.5. The molecule has 0 radical (unpaired) electrons. The van der Waals surface area contributed by atoms with Crippen LogP contribution in [0.25, 0.3) is 0 Å². The summed E-state index contributed by atoms with van der Waals surface area (Å²) in [6.07, 6.45) is -0.512. The summed E-state index contributed by atoms with van der Waals surface area (Å²) < 4.78 is 23.5. The number of halogens is 1. The van der Waals surface area contributed by atoms with Crippen LogP contribution in [-0.4, -0.2) is 29.4 Å². The highest BCUT2D eigenvalue weighted by Gasteiger charge is 2.17. The van der Waals surface area contributed by atoms with Crippen LogP contribution >= 0.6 is 0 Å². The number of hydrogen-bond donors (Lipinski definition) is 2. The zero-order valence-electron chi connectivity index (χ0n) is 12.8. The summed E-state index contributed by atoms with van der Waals surface area (Å²) >= 11 is 0. The molecular weight excluding hydrogens is 277 g/mol. The topological polar surface area (TPSA) is 67.8 Å². The van der Waals surface area contributed by atoms with Crippen molar-refractivity contribution in [3.05, 3.63) is 29.6 Å². The number of nitrogens with one attached hydrogen (secondary N) is 1. The van der Waals surface area contributed by atoms with Gasteiger partial charge >= 0.3 is 6.09 Å². The van der Waals surface area contributed by atoms with E-state index in [2.05, 4.69) is 5.32 Å². The van der Waals surface area contributed by atoms with Crippen LogP contribution in [0.3, 0.4) is 0 Å². The number of ether oxygens (including phenoxy) is 2. The first kappa shape index (κ1) is 17.2. The Balaban J connectivity index is 2.33. The van der Waals surface area contributed by atoms with Crippen molar-refractivity contribution in [1.29, 1.82) is 0 Å². The number of phenolic OH excluding ortho intramolecular Hbond substituents is 1. The molecular formula is C15H22FNO4. The maximum atomic E-state index is 13.1. The van der Waals surface area contributed by atoms with Crippen molar-refractivity contribution in [2.75, 3.05) is 6.61 Å². The Kier molecular flexibility index (Phi) is 5.96. The number of aromatic hydroxyl groups is 1. The molecule has 0 aromatic heterocycles. The first-order chi connectivity index (χ1) is 9.65. The Hall–Kier alpha value is -1.82. The lowest BCUT2D eigenvalue weighted by Crippen LogP contribution is -2.39. The molecule has 0 aliphatic heterocycles. The summed E-state index contributed by atoms with van der Waals surface area (Å²) in [6.45, 7) is 7.51. The number of hydrogen-bond acceptors (Lipinski definition) is 4. The van der Waals surface area contributed by atoms with E-state index in [-0.39, 0.29) is 25.0 Å². The molecule has 6 heteroatoms. The lowest BCUT2D eigenvalue weighted by Gasteiger charge is -2.21. The van der Waals surface area contributed by atoms with Gasteiger partial charge in [-0.1, -0.05) is 0 Å². The summed E-state index contributed by atoms with van der Waals surface area (Å²) in [6, 6.07) is 3.48. The predicted octanol–water partition coefficient (Wildman–Crippen LogP) is 2.96. The van der Waals surface area contributed by atoms with Crippen LogP contribution in [0, 0.1) is 5.82 Å². The first-order valence-corrected chi connectivity index (χ1v) is 6.71. The van der Waals surface area contributed by atoms with E-state index < -0.39 is 17.5 Å². The third-order valence-electron chi connectivity index (χ3n) is 2.34. The molecule has 0 saturated carbocycles. The van der Waals surface area contributed by atoms with Crippen LogP contribution in [0.1, 0.15) is 33.3 Å². The smallest absolute Gasteiger partial charge is 0.407 e. The van der Waals surface area contributed by atoms with Crippen molar-refractivity contribution < 1.29 is 23.8 Å². The van der Waals surface area contributed by atoms with Gasteiger partial charge in [-0.2, -0.15) is 0 Å². The second-order valence-electron chi connectivity index (χ2n) is 5.88. The third kappa shape index (κ3) is 7.51. The minimum atomic E-state index is -0.552. The summed E-state index contributed by atoms with van der Waals surface area (Å²) in [5, 5.41) is 11.9. The zero-order valence-corrected chi connectivity index (χ0v) is 12.8. The van der Waals surface area contributed by atoms with E-state index in [1.54, 1.807) is 27.7 Å². The van der Waals surface area contributed by atoms with Gasteiger partial charge in [-0.3, -0.25) is 0 Å². The van der Waals surface area contributed by atoms with Crippen molar-refractivity contribution in [3.63, 3.8) is 0 Å². The molecule has 0 aliphatic carbocycles. The molecule has 0 fully saturated rings. The molecule has 1 rings (SSSR count). The molecule has 0 heterocycles. The summed E-state index contributed by atoms with van der Waals surface area (Å²) in [5.74, 6) is -0.665. The average molecular weight is 299 g/mol. The van der Waals surface area contributed by atoms with Gasteiger partial charge in [0.25, 0.3) is 0 Å². The third-order valence-corrected chi connectivity index (χ3v) is 2.34. The number of carbonyl (C=O) groups is 1. The van der Waals surface area contributed by atoms with Gasteiger partial charge in [-0.15, -0.1) is 0 Å². The molecule has 0 spiro atoms. The Morgan fingerprint density at radius 3 is 2.62 bits per heavy atom. The van der Waals surface area contributed by atoms with Gasteiger partial charge in [0, 0.05) is 6.07 Å². The molecule has 1 aromatic carbocycles. The van der Waals surface area contributed by atoms with E-state index in [0.29, 0.717) is 5.56 Å². The van der Waals surface area contributed by atoms with Gasteiger partial charge in [0.1, 0.15) is 17.2 Å². The number of amides is 1. The highest BCUT2D eigenvalue weighted by atomic mass is 19.1. The Labute approximate surface area is 124 Å². The highest BCUT2D eigenvalue weighted by Crippen LogP contribution is 2.15. The Bertz CT molecular complexity index is 465. The van der Waals surface area contributed by atoms with E-state index in [4.69, 9.17) is 9.47 Å². The normalized spacial score (nSPS) is 12.8. The van der Waals surface area contributed by atoms with E-state index >= 15 is 0 Å². The lowest BCUT2D eigenvalue weighted by molar-refractivity contribution is 0.0442. The van der Waals surface area contributed by atoms with Crippen molar-refractivity contribution in [1.82, 2.24) is 5.32 Å². The fraction of sp³-hybridized carbons (Fsp3) is 0.533. The maximum Gasteiger partial charge on any atom is 0.407 e. The van der Waals surface area contributed by atoms with Gasteiger partial charge in [0.05, 0.1) is 19.3 Å². The second kappa shape index (κ2) is 7.26. The van der Waals surface area contributed by atoms with E-state index in [1.807, 2.05) is 0 Å². The molecule has 0 unspecified atom stereocenters. The zero-order chi connectivity index (χ0) is 16.0. The average Bonchev–Trinajstić information content (AvgIpc) is 2.24.